The van der Waals surface area contributed by atoms with Gasteiger partial charge in [-0.1, -0.05) is 6.07 Å². The van der Waals surface area contributed by atoms with Gasteiger partial charge in [0.05, 0.1) is 12.1 Å². The topological polar surface area (TPSA) is 30.7 Å². The van der Waals surface area contributed by atoms with Crippen molar-refractivity contribution in [3.8, 4) is 11.1 Å². The van der Waals surface area contributed by atoms with Gasteiger partial charge in [0.25, 0.3) is 6.43 Å². The first-order valence-electron chi connectivity index (χ1n) is 7.04. The number of hydrogen-bond acceptors (Lipinski definition) is 2. The maximum Gasteiger partial charge on any atom is 0.266 e. The lowest BCUT2D eigenvalue weighted by Crippen LogP contribution is -2.01. The Labute approximate surface area is 131 Å². The van der Waals surface area contributed by atoms with E-state index in [0.29, 0.717) is 17.7 Å². The molecule has 0 fully saturated rings. The fraction of sp³-hybridized carbons (Fsp3) is 0.176. The first-order chi connectivity index (χ1) is 11.0. The van der Waals surface area contributed by atoms with Crippen LogP contribution in [0.25, 0.3) is 11.1 Å². The van der Waals surface area contributed by atoms with E-state index < -0.39 is 17.8 Å². The summed E-state index contributed by atoms with van der Waals surface area (Å²) in [6, 6.07) is 5.56. The number of nitrogens with zero attached hydrogens (tertiary/aromatic N) is 3. The van der Waals surface area contributed by atoms with Crippen LogP contribution < -0.4 is 0 Å². The Morgan fingerprint density at radius 2 is 1.96 bits per heavy atom. The molecule has 0 spiro atoms. The molecule has 6 heteroatoms. The number of halogens is 3. The van der Waals surface area contributed by atoms with Crippen LogP contribution >= 0.6 is 0 Å². The molecule has 3 nitrogen and oxygen atoms in total. The third-order valence-electron chi connectivity index (χ3n) is 3.64. The van der Waals surface area contributed by atoms with Crippen LogP contribution in [-0.4, -0.2) is 14.5 Å². The van der Waals surface area contributed by atoms with Crippen LogP contribution in [0.4, 0.5) is 13.2 Å². The van der Waals surface area contributed by atoms with Gasteiger partial charge in [-0.2, -0.15) is 0 Å². The van der Waals surface area contributed by atoms with Gasteiger partial charge in [-0.15, -0.1) is 0 Å². The lowest BCUT2D eigenvalue weighted by atomic mass is 10.0. The molecule has 2 heterocycles. The second kappa shape index (κ2) is 6.24. The van der Waals surface area contributed by atoms with E-state index >= 15 is 0 Å². The molecule has 23 heavy (non-hydrogen) atoms. The Morgan fingerprint density at radius 3 is 2.65 bits per heavy atom. The van der Waals surface area contributed by atoms with Crippen molar-refractivity contribution in [1.82, 2.24) is 14.5 Å². The summed E-state index contributed by atoms with van der Waals surface area (Å²) >= 11 is 0. The number of aryl methyl sites for hydroxylation is 1. The van der Waals surface area contributed by atoms with Crippen LogP contribution in [0.1, 0.15) is 23.4 Å². The maximum absolute atomic E-state index is 13.4. The lowest BCUT2D eigenvalue weighted by molar-refractivity contribution is 0.146. The van der Waals surface area contributed by atoms with Gasteiger partial charge >= 0.3 is 0 Å². The summed E-state index contributed by atoms with van der Waals surface area (Å²) in [5, 5.41) is 0. The Hall–Kier alpha value is -2.63. The Bertz CT molecular complexity index is 827. The highest BCUT2D eigenvalue weighted by atomic mass is 19.3. The van der Waals surface area contributed by atoms with E-state index in [4.69, 9.17) is 0 Å². The van der Waals surface area contributed by atoms with Gasteiger partial charge < -0.3 is 4.57 Å². The molecule has 0 aliphatic rings. The Kier molecular flexibility index (Phi) is 4.14. The zero-order chi connectivity index (χ0) is 16.4. The molecule has 0 aliphatic heterocycles. The minimum atomic E-state index is -2.85. The minimum Gasteiger partial charge on any atom is -0.331 e. The monoisotopic (exact) mass is 317 g/mol. The minimum absolute atomic E-state index is 0.512. The van der Waals surface area contributed by atoms with Gasteiger partial charge in [-0.25, -0.2) is 18.2 Å². The highest BCUT2D eigenvalue weighted by Gasteiger charge is 2.14. The highest BCUT2D eigenvalue weighted by Crippen LogP contribution is 2.28. The summed E-state index contributed by atoms with van der Waals surface area (Å²) in [6.45, 7) is 2.47. The van der Waals surface area contributed by atoms with E-state index in [1.165, 1.54) is 12.1 Å². The Morgan fingerprint density at radius 1 is 1.13 bits per heavy atom. The summed E-state index contributed by atoms with van der Waals surface area (Å²) in [5.41, 5.74) is 1.49. The fourth-order valence-electron chi connectivity index (χ4n) is 2.39. The predicted octanol–water partition coefficient (Wildman–Crippen LogP) is 4.38. The second-order valence-corrected chi connectivity index (χ2v) is 5.22. The largest absolute Gasteiger partial charge is 0.331 e. The standard InChI is InChI=1S/C17H14F3N3/c1-11-22-4-5-23(11)10-12-6-14(9-21-8-12)13-2-3-16(18)15(7-13)17(19)20/h2-9,17H,10H2,1H3. The summed E-state index contributed by atoms with van der Waals surface area (Å²) in [6.07, 6.45) is 4.00. The van der Waals surface area contributed by atoms with Gasteiger partial charge in [0, 0.05) is 30.4 Å². The summed E-state index contributed by atoms with van der Waals surface area (Å²) in [5.74, 6) is -0.0286. The molecule has 0 bridgehead atoms. The van der Waals surface area contributed by atoms with E-state index in [1.54, 1.807) is 18.6 Å². The zero-order valence-electron chi connectivity index (χ0n) is 12.4. The average molecular weight is 317 g/mol. The molecule has 3 aromatic rings. The van der Waals surface area contributed by atoms with E-state index in [0.717, 1.165) is 17.5 Å². The molecule has 0 saturated carbocycles. The van der Waals surface area contributed by atoms with Crippen LogP contribution in [0.2, 0.25) is 0 Å². The predicted molar refractivity (Wildman–Crippen MR) is 80.7 cm³/mol. The van der Waals surface area contributed by atoms with E-state index in [-0.39, 0.29) is 0 Å². The first kappa shape index (κ1) is 15.3. The molecule has 0 saturated heterocycles. The van der Waals surface area contributed by atoms with Gasteiger partial charge in [-0.05, 0) is 36.2 Å². The van der Waals surface area contributed by atoms with Crippen molar-refractivity contribution in [1.29, 1.82) is 0 Å². The number of aromatic nitrogens is 3. The van der Waals surface area contributed by atoms with Crippen LogP contribution in [0, 0.1) is 12.7 Å². The van der Waals surface area contributed by atoms with E-state index in [9.17, 15) is 13.2 Å². The van der Waals surface area contributed by atoms with Gasteiger partial charge in [0.1, 0.15) is 11.6 Å². The SMILES string of the molecule is Cc1nccn1Cc1cncc(-c2ccc(F)c(C(F)F)c2)c1. The molecule has 0 amide bonds. The van der Waals surface area contributed by atoms with Crippen molar-refractivity contribution >= 4 is 0 Å². The maximum atomic E-state index is 13.4. The summed E-state index contributed by atoms with van der Waals surface area (Å²) < 4.78 is 41.0. The summed E-state index contributed by atoms with van der Waals surface area (Å²) in [4.78, 5) is 8.30. The van der Waals surface area contributed by atoms with Gasteiger partial charge in [-0.3, -0.25) is 4.98 Å². The van der Waals surface area contributed by atoms with Gasteiger partial charge in [0.2, 0.25) is 0 Å². The molecule has 0 atom stereocenters. The molecule has 0 N–H and O–H groups in total. The molecule has 1 aromatic carbocycles. The normalized spacial score (nSPS) is 11.2. The number of alkyl halides is 2. The van der Waals surface area contributed by atoms with Crippen molar-refractivity contribution in [2.75, 3.05) is 0 Å². The molecule has 0 radical (unpaired) electrons. The first-order valence-corrected chi connectivity index (χ1v) is 7.04. The number of pyridine rings is 1. The number of benzene rings is 1. The van der Waals surface area contributed by atoms with E-state index in [2.05, 4.69) is 9.97 Å². The zero-order valence-corrected chi connectivity index (χ0v) is 12.4. The fourth-order valence-corrected chi connectivity index (χ4v) is 2.39. The molecular formula is C17H14F3N3. The summed E-state index contributed by atoms with van der Waals surface area (Å²) in [7, 11) is 0. The van der Waals surface area contributed by atoms with Crippen molar-refractivity contribution in [3.05, 3.63) is 71.8 Å². The van der Waals surface area contributed by atoms with Crippen LogP contribution in [0.3, 0.4) is 0 Å². The Balaban J connectivity index is 1.94. The van der Waals surface area contributed by atoms with Crippen LogP contribution in [0.5, 0.6) is 0 Å². The second-order valence-electron chi connectivity index (χ2n) is 5.22. The van der Waals surface area contributed by atoms with Crippen molar-refractivity contribution in [2.45, 2.75) is 19.9 Å². The third-order valence-corrected chi connectivity index (χ3v) is 3.64. The third kappa shape index (κ3) is 3.26. The smallest absolute Gasteiger partial charge is 0.266 e. The molecule has 118 valence electrons. The van der Waals surface area contributed by atoms with Crippen molar-refractivity contribution in [2.24, 2.45) is 0 Å². The molecular weight excluding hydrogens is 303 g/mol. The molecule has 2 aromatic heterocycles. The highest BCUT2D eigenvalue weighted by molar-refractivity contribution is 5.64. The molecule has 3 rings (SSSR count). The molecule has 0 unspecified atom stereocenters. The quantitative estimate of drug-likeness (QED) is 0.715. The number of rotatable bonds is 4. The number of imidazole rings is 1. The van der Waals surface area contributed by atoms with Crippen molar-refractivity contribution in [3.63, 3.8) is 0 Å². The van der Waals surface area contributed by atoms with E-state index in [1.807, 2.05) is 23.8 Å². The van der Waals surface area contributed by atoms with Crippen LogP contribution in [0.15, 0.2) is 49.1 Å². The van der Waals surface area contributed by atoms with Gasteiger partial charge in [0.15, 0.2) is 0 Å². The van der Waals surface area contributed by atoms with Crippen LogP contribution in [-0.2, 0) is 6.54 Å². The molecule has 0 aliphatic carbocycles. The lowest BCUT2D eigenvalue weighted by Gasteiger charge is -2.09. The average Bonchev–Trinajstić information content (AvgIpc) is 2.93. The number of hydrogen-bond donors (Lipinski definition) is 0. The van der Waals surface area contributed by atoms with Crippen molar-refractivity contribution < 1.29 is 13.2 Å².